The molecule has 0 bridgehead atoms. The summed E-state index contributed by atoms with van der Waals surface area (Å²) in [6.07, 6.45) is 7.23. The standard InChI is InChI=1S/C36H43FO4/c1-6-27(35(38)40-5)28-10-7-9-24-13-14-26(21-30(24)28)41-22-23-12-16-29(32-20-25(39-4)15-17-34(32)37)31(19-23)33-11-8-18-36(33,2)3/h12-17,19-21,27-28,33H,6-11,18,22H2,1-5H3. The predicted octanol–water partition coefficient (Wildman–Crippen LogP) is 8.99. The average Bonchev–Trinajstić information content (AvgIpc) is 3.35. The van der Waals surface area contributed by atoms with Crippen LogP contribution in [0.5, 0.6) is 11.5 Å². The zero-order valence-corrected chi connectivity index (χ0v) is 25.1. The number of benzene rings is 3. The van der Waals surface area contributed by atoms with E-state index in [0.29, 0.717) is 23.8 Å². The smallest absolute Gasteiger partial charge is 0.309 e. The highest BCUT2D eigenvalue weighted by molar-refractivity contribution is 5.74. The molecule has 2 aliphatic rings. The predicted molar refractivity (Wildman–Crippen MR) is 161 cm³/mol. The molecule has 41 heavy (non-hydrogen) atoms. The molecular formula is C36H43FO4. The minimum Gasteiger partial charge on any atom is -0.497 e. The van der Waals surface area contributed by atoms with E-state index in [2.05, 4.69) is 39.0 Å². The zero-order chi connectivity index (χ0) is 29.1. The van der Waals surface area contributed by atoms with E-state index in [1.807, 2.05) is 18.2 Å². The average molecular weight is 559 g/mol. The van der Waals surface area contributed by atoms with Crippen molar-refractivity contribution in [2.45, 2.75) is 84.2 Å². The van der Waals surface area contributed by atoms with Crippen LogP contribution in [0, 0.1) is 17.2 Å². The minimum absolute atomic E-state index is 0.131. The topological polar surface area (TPSA) is 44.8 Å². The van der Waals surface area contributed by atoms with Crippen LogP contribution < -0.4 is 9.47 Å². The molecule has 0 aromatic heterocycles. The molecule has 3 atom stereocenters. The quantitative estimate of drug-likeness (QED) is 0.246. The summed E-state index contributed by atoms with van der Waals surface area (Å²) < 4.78 is 32.1. The number of esters is 1. The Morgan fingerprint density at radius 2 is 1.76 bits per heavy atom. The van der Waals surface area contributed by atoms with Crippen molar-refractivity contribution in [2.24, 2.45) is 11.3 Å². The molecule has 0 radical (unpaired) electrons. The van der Waals surface area contributed by atoms with Crippen LogP contribution in [-0.2, 0) is 22.6 Å². The van der Waals surface area contributed by atoms with E-state index < -0.39 is 0 Å². The minimum atomic E-state index is -0.243. The van der Waals surface area contributed by atoms with Crippen LogP contribution in [0.25, 0.3) is 11.1 Å². The number of carbonyl (C=O) groups is 1. The molecule has 1 fully saturated rings. The molecule has 0 N–H and O–H groups in total. The van der Waals surface area contributed by atoms with E-state index in [4.69, 9.17) is 14.2 Å². The Labute approximate surface area is 244 Å². The van der Waals surface area contributed by atoms with E-state index >= 15 is 4.39 Å². The maximum absolute atomic E-state index is 15.1. The van der Waals surface area contributed by atoms with E-state index in [9.17, 15) is 4.79 Å². The fraction of sp³-hybridized carbons (Fsp3) is 0.472. The van der Waals surface area contributed by atoms with Gasteiger partial charge in [-0.1, -0.05) is 51.5 Å². The fourth-order valence-corrected chi connectivity index (χ4v) is 7.23. The molecule has 5 heteroatoms. The summed E-state index contributed by atoms with van der Waals surface area (Å²) in [6.45, 7) is 7.11. The third kappa shape index (κ3) is 6.00. The van der Waals surface area contributed by atoms with Gasteiger partial charge in [-0.05, 0) is 114 Å². The number of carbonyl (C=O) groups excluding carboxylic acids is 1. The van der Waals surface area contributed by atoms with E-state index in [0.717, 1.165) is 55.4 Å². The molecule has 2 aliphatic carbocycles. The second-order valence-corrected chi connectivity index (χ2v) is 12.4. The molecule has 4 nitrogen and oxygen atoms in total. The third-order valence-electron chi connectivity index (χ3n) is 9.53. The van der Waals surface area contributed by atoms with Gasteiger partial charge in [-0.15, -0.1) is 0 Å². The Balaban J connectivity index is 1.45. The largest absolute Gasteiger partial charge is 0.497 e. The molecule has 1 saturated carbocycles. The van der Waals surface area contributed by atoms with Gasteiger partial charge in [0.1, 0.15) is 23.9 Å². The molecule has 0 saturated heterocycles. The van der Waals surface area contributed by atoms with Gasteiger partial charge >= 0.3 is 5.97 Å². The summed E-state index contributed by atoms with van der Waals surface area (Å²) in [6, 6.07) is 17.6. The summed E-state index contributed by atoms with van der Waals surface area (Å²) in [5.41, 5.74) is 6.38. The van der Waals surface area contributed by atoms with Crippen LogP contribution in [0.2, 0.25) is 0 Å². The van der Waals surface area contributed by atoms with E-state index in [1.54, 1.807) is 19.2 Å². The monoisotopic (exact) mass is 558 g/mol. The molecule has 0 amide bonds. The van der Waals surface area contributed by atoms with Crippen LogP contribution in [0.4, 0.5) is 4.39 Å². The molecule has 3 unspecified atom stereocenters. The van der Waals surface area contributed by atoms with Gasteiger partial charge in [-0.3, -0.25) is 4.79 Å². The first-order valence-electron chi connectivity index (χ1n) is 15.1. The molecule has 3 aromatic rings. The number of rotatable bonds is 9. The first-order valence-corrected chi connectivity index (χ1v) is 15.1. The van der Waals surface area contributed by atoms with Crippen molar-refractivity contribution in [2.75, 3.05) is 14.2 Å². The second kappa shape index (κ2) is 12.3. The second-order valence-electron chi connectivity index (χ2n) is 12.4. The van der Waals surface area contributed by atoms with Gasteiger partial charge in [0.05, 0.1) is 20.1 Å². The third-order valence-corrected chi connectivity index (χ3v) is 9.53. The Bertz CT molecular complexity index is 1390. The Morgan fingerprint density at radius 1 is 0.951 bits per heavy atom. The lowest BCUT2D eigenvalue weighted by molar-refractivity contribution is -0.146. The van der Waals surface area contributed by atoms with Gasteiger partial charge in [0, 0.05) is 5.56 Å². The molecule has 218 valence electrons. The van der Waals surface area contributed by atoms with Gasteiger partial charge in [-0.25, -0.2) is 4.39 Å². The highest BCUT2D eigenvalue weighted by Crippen LogP contribution is 2.51. The Morgan fingerprint density at radius 3 is 2.46 bits per heavy atom. The SMILES string of the molecule is CCC(C(=O)OC)C1CCCc2ccc(OCc3ccc(-c4cc(OC)ccc4F)c(C4CCCC4(C)C)c3)cc21. The lowest BCUT2D eigenvalue weighted by atomic mass is 9.74. The van der Waals surface area contributed by atoms with Crippen LogP contribution >= 0.6 is 0 Å². The molecule has 0 heterocycles. The molecule has 0 spiro atoms. The maximum atomic E-state index is 15.1. The van der Waals surface area contributed by atoms with Crippen LogP contribution in [0.1, 0.15) is 93.4 Å². The number of hydrogen-bond donors (Lipinski definition) is 0. The van der Waals surface area contributed by atoms with Gasteiger partial charge in [0.25, 0.3) is 0 Å². The van der Waals surface area contributed by atoms with Crippen LogP contribution in [-0.4, -0.2) is 20.2 Å². The highest BCUT2D eigenvalue weighted by Gasteiger charge is 2.37. The molecule has 0 aliphatic heterocycles. The number of aryl methyl sites for hydroxylation is 1. The van der Waals surface area contributed by atoms with Crippen molar-refractivity contribution >= 4 is 5.97 Å². The van der Waals surface area contributed by atoms with Crippen molar-refractivity contribution in [3.8, 4) is 22.6 Å². The number of halogens is 1. The first-order chi connectivity index (χ1) is 19.7. The highest BCUT2D eigenvalue weighted by atomic mass is 19.1. The summed E-state index contributed by atoms with van der Waals surface area (Å²) in [5.74, 6) is 1.41. The van der Waals surface area contributed by atoms with E-state index in [1.165, 1.54) is 36.3 Å². The van der Waals surface area contributed by atoms with Crippen molar-refractivity contribution in [3.63, 3.8) is 0 Å². The number of fused-ring (bicyclic) bond motifs is 1. The number of methoxy groups -OCH3 is 2. The molecule has 5 rings (SSSR count). The Kier molecular flexibility index (Phi) is 8.72. The molecule has 3 aromatic carbocycles. The summed E-state index contributed by atoms with van der Waals surface area (Å²) in [5, 5.41) is 0. The maximum Gasteiger partial charge on any atom is 0.309 e. The van der Waals surface area contributed by atoms with Crippen molar-refractivity contribution in [1.29, 1.82) is 0 Å². The van der Waals surface area contributed by atoms with Crippen LogP contribution in [0.15, 0.2) is 54.6 Å². The number of hydrogen-bond acceptors (Lipinski definition) is 4. The summed E-state index contributed by atoms with van der Waals surface area (Å²) in [7, 11) is 3.09. The van der Waals surface area contributed by atoms with Gasteiger partial charge < -0.3 is 14.2 Å². The lowest BCUT2D eigenvalue weighted by Gasteiger charge is -2.31. The van der Waals surface area contributed by atoms with Crippen LogP contribution in [0.3, 0.4) is 0 Å². The fourth-order valence-electron chi connectivity index (χ4n) is 7.23. The van der Waals surface area contributed by atoms with Crippen molar-refractivity contribution in [3.05, 3.63) is 82.7 Å². The zero-order valence-electron chi connectivity index (χ0n) is 25.1. The lowest BCUT2D eigenvalue weighted by Crippen LogP contribution is -2.26. The van der Waals surface area contributed by atoms with Crippen molar-refractivity contribution < 1.29 is 23.4 Å². The van der Waals surface area contributed by atoms with Crippen molar-refractivity contribution in [1.82, 2.24) is 0 Å². The number of ether oxygens (including phenoxy) is 3. The molecular weight excluding hydrogens is 515 g/mol. The summed E-state index contributed by atoms with van der Waals surface area (Å²) >= 11 is 0. The summed E-state index contributed by atoms with van der Waals surface area (Å²) in [4.78, 5) is 12.5. The normalized spacial score (nSPS) is 20.2. The van der Waals surface area contributed by atoms with E-state index in [-0.39, 0.29) is 29.0 Å². The van der Waals surface area contributed by atoms with Gasteiger partial charge in [-0.2, -0.15) is 0 Å². The van der Waals surface area contributed by atoms with Gasteiger partial charge in [0.2, 0.25) is 0 Å². The Hall–Kier alpha value is -3.34. The first kappa shape index (κ1) is 29.2. The van der Waals surface area contributed by atoms with Gasteiger partial charge in [0.15, 0.2) is 0 Å².